The molecule has 1 aromatic carbocycles. The van der Waals surface area contributed by atoms with E-state index in [9.17, 15) is 22.8 Å². The number of aliphatic carboxylic acids is 1. The molecule has 1 N–H and O–H groups in total. The Balaban J connectivity index is 1.87. The number of alkyl halides is 3. The number of ether oxygens (including phenoxy) is 1. The highest BCUT2D eigenvalue weighted by Gasteiger charge is 2.31. The minimum atomic E-state index is -4.74. The van der Waals surface area contributed by atoms with Gasteiger partial charge in [0.05, 0.1) is 6.42 Å². The second-order valence-electron chi connectivity index (χ2n) is 6.15. The first-order valence-electron chi connectivity index (χ1n) is 8.07. The summed E-state index contributed by atoms with van der Waals surface area (Å²) in [5, 5.41) is 8.75. The van der Waals surface area contributed by atoms with Gasteiger partial charge in [0, 0.05) is 19.5 Å². The first kappa shape index (κ1) is 19.1. The molecule has 2 rings (SSSR count). The maximum atomic E-state index is 12.4. The first-order chi connectivity index (χ1) is 11.7. The zero-order valence-corrected chi connectivity index (χ0v) is 13.6. The minimum absolute atomic E-state index is 0.0906. The number of carbonyl (C=O) groups is 2. The quantitative estimate of drug-likeness (QED) is 0.847. The van der Waals surface area contributed by atoms with Crippen LogP contribution in [0.2, 0.25) is 0 Å². The predicted octanol–water partition coefficient (Wildman–Crippen LogP) is 3.23. The Bertz CT molecular complexity index is 601. The third-order valence-electron chi connectivity index (χ3n) is 4.15. The molecule has 0 radical (unpaired) electrons. The second kappa shape index (κ2) is 8.22. The molecule has 0 aliphatic carbocycles. The normalized spacial score (nSPS) is 18.0. The topological polar surface area (TPSA) is 66.8 Å². The van der Waals surface area contributed by atoms with Crippen LogP contribution < -0.4 is 4.74 Å². The third kappa shape index (κ3) is 6.64. The number of carboxylic acids is 1. The van der Waals surface area contributed by atoms with Crippen LogP contribution in [0.4, 0.5) is 13.2 Å². The van der Waals surface area contributed by atoms with Gasteiger partial charge in [-0.2, -0.15) is 0 Å². The molecule has 138 valence electrons. The molecule has 1 aromatic rings. The molecule has 0 saturated carbocycles. The van der Waals surface area contributed by atoms with Crippen molar-refractivity contribution in [3.8, 4) is 5.75 Å². The van der Waals surface area contributed by atoms with Gasteiger partial charge >= 0.3 is 12.3 Å². The molecule has 0 aromatic heterocycles. The van der Waals surface area contributed by atoms with E-state index in [4.69, 9.17) is 5.11 Å². The zero-order chi connectivity index (χ0) is 18.4. The standard InChI is InChI=1S/C17H20F3NO4/c18-17(19,20)25-14-6-3-12(4-7-14)10-15(22)21-9-1-2-13(11-21)5-8-16(23)24/h3-4,6-7,13H,1-2,5,8-11H2,(H,23,24). The van der Waals surface area contributed by atoms with Gasteiger partial charge < -0.3 is 14.7 Å². The maximum absolute atomic E-state index is 12.4. The van der Waals surface area contributed by atoms with E-state index >= 15 is 0 Å². The maximum Gasteiger partial charge on any atom is 0.573 e. The molecule has 0 bridgehead atoms. The lowest BCUT2D eigenvalue weighted by molar-refractivity contribution is -0.274. The molecule has 5 nitrogen and oxygen atoms in total. The van der Waals surface area contributed by atoms with Crippen LogP contribution in [0.3, 0.4) is 0 Å². The van der Waals surface area contributed by atoms with Crippen molar-refractivity contribution in [3.05, 3.63) is 29.8 Å². The molecule has 1 fully saturated rings. The Morgan fingerprint density at radius 1 is 1.24 bits per heavy atom. The Morgan fingerprint density at radius 2 is 1.92 bits per heavy atom. The van der Waals surface area contributed by atoms with Crippen molar-refractivity contribution < 1.29 is 32.6 Å². The van der Waals surface area contributed by atoms with Gasteiger partial charge in [0.15, 0.2) is 0 Å². The molecule has 1 unspecified atom stereocenters. The van der Waals surface area contributed by atoms with Crippen molar-refractivity contribution in [2.24, 2.45) is 5.92 Å². The fourth-order valence-corrected chi connectivity index (χ4v) is 2.95. The van der Waals surface area contributed by atoms with Crippen LogP contribution in [0.25, 0.3) is 0 Å². The van der Waals surface area contributed by atoms with Gasteiger partial charge in [-0.1, -0.05) is 12.1 Å². The number of amides is 1. The molecule has 1 atom stereocenters. The molecule has 1 aliphatic heterocycles. The minimum Gasteiger partial charge on any atom is -0.481 e. The van der Waals surface area contributed by atoms with Crippen LogP contribution in [-0.2, 0) is 16.0 Å². The molecule has 1 saturated heterocycles. The van der Waals surface area contributed by atoms with Crippen LogP contribution in [0, 0.1) is 5.92 Å². The number of nitrogens with zero attached hydrogens (tertiary/aromatic N) is 1. The fraction of sp³-hybridized carbons (Fsp3) is 0.529. The summed E-state index contributed by atoms with van der Waals surface area (Å²) in [4.78, 5) is 24.7. The predicted molar refractivity (Wildman–Crippen MR) is 83.0 cm³/mol. The monoisotopic (exact) mass is 359 g/mol. The molecule has 1 amide bonds. The molecule has 8 heteroatoms. The Morgan fingerprint density at radius 3 is 2.52 bits per heavy atom. The highest BCUT2D eigenvalue weighted by molar-refractivity contribution is 5.79. The number of benzene rings is 1. The number of carbonyl (C=O) groups excluding carboxylic acids is 1. The van der Waals surface area contributed by atoms with E-state index in [1.54, 1.807) is 4.90 Å². The van der Waals surface area contributed by atoms with Crippen molar-refractivity contribution in [2.45, 2.75) is 38.5 Å². The van der Waals surface area contributed by atoms with Crippen molar-refractivity contribution in [2.75, 3.05) is 13.1 Å². The Kier molecular flexibility index (Phi) is 6.27. The average Bonchev–Trinajstić information content (AvgIpc) is 2.53. The summed E-state index contributed by atoms with van der Waals surface area (Å²) < 4.78 is 40.2. The second-order valence-corrected chi connectivity index (χ2v) is 6.15. The van der Waals surface area contributed by atoms with Crippen LogP contribution >= 0.6 is 0 Å². The molecular formula is C17H20F3NO4. The van der Waals surface area contributed by atoms with E-state index in [1.165, 1.54) is 24.3 Å². The lowest BCUT2D eigenvalue weighted by Gasteiger charge is -2.32. The largest absolute Gasteiger partial charge is 0.573 e. The van der Waals surface area contributed by atoms with Crippen molar-refractivity contribution in [3.63, 3.8) is 0 Å². The molecule has 0 spiro atoms. The van der Waals surface area contributed by atoms with Gasteiger partial charge in [-0.15, -0.1) is 13.2 Å². The summed E-state index contributed by atoms with van der Waals surface area (Å²) in [6.07, 6.45) is -2.28. The van der Waals surface area contributed by atoms with E-state index in [1.807, 2.05) is 0 Å². The summed E-state index contributed by atoms with van der Waals surface area (Å²) in [5.74, 6) is -1.10. The first-order valence-corrected chi connectivity index (χ1v) is 8.07. The van der Waals surface area contributed by atoms with E-state index < -0.39 is 12.3 Å². The zero-order valence-electron chi connectivity index (χ0n) is 13.6. The van der Waals surface area contributed by atoms with Gasteiger partial charge in [0.1, 0.15) is 5.75 Å². The van der Waals surface area contributed by atoms with Crippen LogP contribution in [-0.4, -0.2) is 41.3 Å². The van der Waals surface area contributed by atoms with Crippen molar-refractivity contribution >= 4 is 11.9 Å². The summed E-state index contributed by atoms with van der Waals surface area (Å²) in [7, 11) is 0. The summed E-state index contributed by atoms with van der Waals surface area (Å²) in [6.45, 7) is 1.15. The van der Waals surface area contributed by atoms with Crippen molar-refractivity contribution in [1.29, 1.82) is 0 Å². The third-order valence-corrected chi connectivity index (χ3v) is 4.15. The summed E-state index contributed by atoms with van der Waals surface area (Å²) >= 11 is 0. The van der Waals surface area contributed by atoms with Gasteiger partial charge in [-0.3, -0.25) is 9.59 Å². The number of likely N-dealkylation sites (tertiary alicyclic amines) is 1. The fourth-order valence-electron chi connectivity index (χ4n) is 2.95. The highest BCUT2D eigenvalue weighted by Crippen LogP contribution is 2.24. The Hall–Kier alpha value is -2.25. The summed E-state index contributed by atoms with van der Waals surface area (Å²) in [6, 6.07) is 5.24. The highest BCUT2D eigenvalue weighted by atomic mass is 19.4. The number of hydrogen-bond donors (Lipinski definition) is 1. The number of hydrogen-bond acceptors (Lipinski definition) is 3. The smallest absolute Gasteiger partial charge is 0.481 e. The number of piperidine rings is 1. The van der Waals surface area contributed by atoms with Crippen LogP contribution in [0.1, 0.15) is 31.2 Å². The van der Waals surface area contributed by atoms with Crippen LogP contribution in [0.15, 0.2) is 24.3 Å². The SMILES string of the molecule is O=C(O)CCC1CCCN(C(=O)Cc2ccc(OC(F)(F)F)cc2)C1. The van der Waals surface area contributed by atoms with Gasteiger partial charge in [-0.25, -0.2) is 0 Å². The number of rotatable bonds is 6. The molecule has 1 aliphatic rings. The molecule has 1 heterocycles. The molecular weight excluding hydrogens is 339 g/mol. The Labute approximate surface area is 143 Å². The average molecular weight is 359 g/mol. The van der Waals surface area contributed by atoms with Gasteiger partial charge in [-0.05, 0) is 42.9 Å². The van der Waals surface area contributed by atoms with Crippen molar-refractivity contribution in [1.82, 2.24) is 4.90 Å². The lowest BCUT2D eigenvalue weighted by atomic mass is 9.93. The van der Waals surface area contributed by atoms with E-state index in [0.29, 0.717) is 25.1 Å². The van der Waals surface area contributed by atoms with E-state index in [-0.39, 0.29) is 30.4 Å². The number of halogens is 3. The lowest BCUT2D eigenvalue weighted by Crippen LogP contribution is -2.40. The summed E-state index contributed by atoms with van der Waals surface area (Å²) in [5.41, 5.74) is 0.604. The van der Waals surface area contributed by atoms with Gasteiger partial charge in [0.2, 0.25) is 5.91 Å². The van der Waals surface area contributed by atoms with Gasteiger partial charge in [0.25, 0.3) is 0 Å². The van der Waals surface area contributed by atoms with E-state index in [2.05, 4.69) is 4.74 Å². The van der Waals surface area contributed by atoms with E-state index in [0.717, 1.165) is 12.8 Å². The number of carboxylic acid groups (broad SMARTS) is 1. The molecule has 25 heavy (non-hydrogen) atoms. The van der Waals surface area contributed by atoms with Crippen LogP contribution in [0.5, 0.6) is 5.75 Å².